The topological polar surface area (TPSA) is 38.9 Å². The SMILES string of the molecule is Cc1ccnc(C(N)c2ccc(C(C)C)cc2)c1. The Labute approximate surface area is 109 Å². The summed E-state index contributed by atoms with van der Waals surface area (Å²) in [5, 5.41) is 0. The van der Waals surface area contributed by atoms with E-state index in [1.165, 1.54) is 11.1 Å². The maximum atomic E-state index is 6.25. The molecule has 2 aromatic rings. The molecule has 94 valence electrons. The highest BCUT2D eigenvalue weighted by molar-refractivity contribution is 5.32. The molecule has 0 radical (unpaired) electrons. The van der Waals surface area contributed by atoms with E-state index in [0.29, 0.717) is 5.92 Å². The number of pyridine rings is 1. The van der Waals surface area contributed by atoms with Crippen molar-refractivity contribution >= 4 is 0 Å². The second kappa shape index (κ2) is 5.32. The Morgan fingerprint density at radius 2 is 1.61 bits per heavy atom. The molecule has 0 aliphatic carbocycles. The Morgan fingerprint density at radius 3 is 2.17 bits per heavy atom. The normalized spacial score (nSPS) is 12.7. The first-order chi connectivity index (χ1) is 8.58. The van der Waals surface area contributed by atoms with Gasteiger partial charge in [-0.05, 0) is 41.7 Å². The van der Waals surface area contributed by atoms with E-state index in [2.05, 4.69) is 50.0 Å². The van der Waals surface area contributed by atoms with Crippen LogP contribution in [0, 0.1) is 6.92 Å². The zero-order valence-corrected chi connectivity index (χ0v) is 11.2. The van der Waals surface area contributed by atoms with Gasteiger partial charge in [0.05, 0.1) is 11.7 Å². The number of hydrogen-bond acceptors (Lipinski definition) is 2. The van der Waals surface area contributed by atoms with Gasteiger partial charge in [0, 0.05) is 6.20 Å². The van der Waals surface area contributed by atoms with Gasteiger partial charge in [0.25, 0.3) is 0 Å². The van der Waals surface area contributed by atoms with Gasteiger partial charge >= 0.3 is 0 Å². The molecule has 1 heterocycles. The summed E-state index contributed by atoms with van der Waals surface area (Å²) in [5.74, 6) is 0.548. The average molecular weight is 240 g/mol. The lowest BCUT2D eigenvalue weighted by Gasteiger charge is -2.13. The Kier molecular flexibility index (Phi) is 3.78. The van der Waals surface area contributed by atoms with Crippen molar-refractivity contribution in [2.24, 2.45) is 5.73 Å². The minimum absolute atomic E-state index is 0.147. The molecule has 1 aromatic carbocycles. The highest BCUT2D eigenvalue weighted by atomic mass is 14.8. The van der Waals surface area contributed by atoms with Crippen molar-refractivity contribution in [2.45, 2.75) is 32.7 Å². The molecule has 0 spiro atoms. The summed E-state index contributed by atoms with van der Waals surface area (Å²) in [4.78, 5) is 4.35. The smallest absolute Gasteiger partial charge is 0.0726 e. The summed E-state index contributed by atoms with van der Waals surface area (Å²) < 4.78 is 0. The van der Waals surface area contributed by atoms with Crippen molar-refractivity contribution in [3.63, 3.8) is 0 Å². The zero-order chi connectivity index (χ0) is 13.1. The summed E-state index contributed by atoms with van der Waals surface area (Å²) in [7, 11) is 0. The molecule has 2 nitrogen and oxygen atoms in total. The van der Waals surface area contributed by atoms with E-state index < -0.39 is 0 Å². The van der Waals surface area contributed by atoms with E-state index in [1.807, 2.05) is 18.3 Å². The van der Waals surface area contributed by atoms with Crippen LogP contribution in [0.3, 0.4) is 0 Å². The number of nitrogens with zero attached hydrogens (tertiary/aromatic N) is 1. The van der Waals surface area contributed by atoms with Crippen LogP contribution in [-0.4, -0.2) is 4.98 Å². The van der Waals surface area contributed by atoms with Gasteiger partial charge in [-0.2, -0.15) is 0 Å². The summed E-state index contributed by atoms with van der Waals surface area (Å²) in [6.45, 7) is 6.44. The van der Waals surface area contributed by atoms with Gasteiger partial charge in [-0.1, -0.05) is 38.1 Å². The molecule has 0 saturated carbocycles. The third kappa shape index (κ3) is 2.77. The molecule has 0 aliphatic heterocycles. The molecule has 18 heavy (non-hydrogen) atoms. The van der Waals surface area contributed by atoms with Gasteiger partial charge < -0.3 is 5.73 Å². The minimum Gasteiger partial charge on any atom is -0.319 e. The van der Waals surface area contributed by atoms with Crippen LogP contribution in [0.1, 0.15) is 48.2 Å². The summed E-state index contributed by atoms with van der Waals surface area (Å²) in [6, 6.07) is 12.4. The van der Waals surface area contributed by atoms with Crippen LogP contribution in [0.4, 0.5) is 0 Å². The molecule has 1 atom stereocenters. The van der Waals surface area contributed by atoms with Crippen LogP contribution in [0.25, 0.3) is 0 Å². The van der Waals surface area contributed by atoms with Gasteiger partial charge in [0.1, 0.15) is 0 Å². The number of aryl methyl sites for hydroxylation is 1. The van der Waals surface area contributed by atoms with Crippen LogP contribution in [-0.2, 0) is 0 Å². The molecule has 1 aromatic heterocycles. The number of aromatic nitrogens is 1. The van der Waals surface area contributed by atoms with Crippen LogP contribution >= 0.6 is 0 Å². The third-order valence-corrected chi connectivity index (χ3v) is 3.22. The van der Waals surface area contributed by atoms with Crippen molar-refractivity contribution in [3.05, 3.63) is 65.0 Å². The maximum absolute atomic E-state index is 6.25. The van der Waals surface area contributed by atoms with Gasteiger partial charge in [0.15, 0.2) is 0 Å². The Morgan fingerprint density at radius 1 is 1.00 bits per heavy atom. The quantitative estimate of drug-likeness (QED) is 0.891. The van der Waals surface area contributed by atoms with E-state index >= 15 is 0 Å². The fourth-order valence-corrected chi connectivity index (χ4v) is 1.99. The van der Waals surface area contributed by atoms with Gasteiger partial charge in [-0.25, -0.2) is 0 Å². The molecule has 0 bridgehead atoms. The highest BCUT2D eigenvalue weighted by Crippen LogP contribution is 2.21. The lowest BCUT2D eigenvalue weighted by molar-refractivity contribution is 0.819. The fraction of sp³-hybridized carbons (Fsp3) is 0.312. The van der Waals surface area contributed by atoms with Crippen LogP contribution in [0.15, 0.2) is 42.6 Å². The van der Waals surface area contributed by atoms with Gasteiger partial charge in [0.2, 0.25) is 0 Å². The molecule has 2 N–H and O–H groups in total. The lowest BCUT2D eigenvalue weighted by Crippen LogP contribution is -2.13. The van der Waals surface area contributed by atoms with E-state index in [1.54, 1.807) is 0 Å². The molecular formula is C16H20N2. The van der Waals surface area contributed by atoms with Crippen molar-refractivity contribution < 1.29 is 0 Å². The first-order valence-corrected chi connectivity index (χ1v) is 6.36. The van der Waals surface area contributed by atoms with Crippen molar-refractivity contribution in [1.82, 2.24) is 4.98 Å². The molecular weight excluding hydrogens is 220 g/mol. The van der Waals surface area contributed by atoms with E-state index in [9.17, 15) is 0 Å². The third-order valence-electron chi connectivity index (χ3n) is 3.22. The van der Waals surface area contributed by atoms with E-state index in [0.717, 1.165) is 11.3 Å². The Balaban J connectivity index is 2.26. The number of nitrogens with two attached hydrogens (primary N) is 1. The standard InChI is InChI=1S/C16H20N2/c1-11(2)13-4-6-14(7-5-13)16(17)15-10-12(3)8-9-18-15/h4-11,16H,17H2,1-3H3. The number of rotatable bonds is 3. The maximum Gasteiger partial charge on any atom is 0.0726 e. The van der Waals surface area contributed by atoms with Crippen molar-refractivity contribution in [3.8, 4) is 0 Å². The predicted molar refractivity (Wildman–Crippen MR) is 75.5 cm³/mol. The first kappa shape index (κ1) is 12.8. The molecule has 2 rings (SSSR count). The monoisotopic (exact) mass is 240 g/mol. The molecule has 0 amide bonds. The largest absolute Gasteiger partial charge is 0.319 e. The summed E-state index contributed by atoms with van der Waals surface area (Å²) in [5.41, 5.74) is 10.8. The predicted octanol–water partition coefficient (Wildman–Crippen LogP) is 3.56. The first-order valence-electron chi connectivity index (χ1n) is 6.36. The van der Waals surface area contributed by atoms with Gasteiger partial charge in [-0.3, -0.25) is 4.98 Å². The zero-order valence-electron chi connectivity index (χ0n) is 11.2. The Bertz CT molecular complexity index is 515. The molecule has 0 saturated heterocycles. The lowest BCUT2D eigenvalue weighted by atomic mass is 9.97. The molecule has 0 aliphatic rings. The highest BCUT2D eigenvalue weighted by Gasteiger charge is 2.10. The van der Waals surface area contributed by atoms with E-state index in [4.69, 9.17) is 5.73 Å². The number of benzene rings is 1. The van der Waals surface area contributed by atoms with Crippen LogP contribution in [0.2, 0.25) is 0 Å². The van der Waals surface area contributed by atoms with Crippen molar-refractivity contribution in [1.29, 1.82) is 0 Å². The van der Waals surface area contributed by atoms with Gasteiger partial charge in [-0.15, -0.1) is 0 Å². The van der Waals surface area contributed by atoms with Crippen LogP contribution < -0.4 is 5.73 Å². The average Bonchev–Trinajstić information content (AvgIpc) is 2.38. The van der Waals surface area contributed by atoms with Crippen molar-refractivity contribution in [2.75, 3.05) is 0 Å². The van der Waals surface area contributed by atoms with Crippen LogP contribution in [0.5, 0.6) is 0 Å². The molecule has 2 heteroatoms. The molecule has 0 fully saturated rings. The summed E-state index contributed by atoms with van der Waals surface area (Å²) in [6.07, 6.45) is 1.81. The molecule has 1 unspecified atom stereocenters. The second-order valence-corrected chi connectivity index (χ2v) is 5.06. The fourth-order valence-electron chi connectivity index (χ4n) is 1.99. The second-order valence-electron chi connectivity index (χ2n) is 5.06. The Hall–Kier alpha value is -1.67. The summed E-state index contributed by atoms with van der Waals surface area (Å²) >= 11 is 0. The minimum atomic E-state index is -0.147. The van der Waals surface area contributed by atoms with E-state index in [-0.39, 0.29) is 6.04 Å². The number of hydrogen-bond donors (Lipinski definition) is 1.